The first-order chi connectivity index (χ1) is 12.1. The lowest BCUT2D eigenvalue weighted by molar-refractivity contribution is -0.158. The molecule has 0 aliphatic carbocycles. The molecule has 1 heterocycles. The van der Waals surface area contributed by atoms with Crippen LogP contribution in [0.3, 0.4) is 0 Å². The first-order valence-corrected chi connectivity index (χ1v) is 8.97. The van der Waals surface area contributed by atoms with E-state index in [0.29, 0.717) is 11.1 Å². The summed E-state index contributed by atoms with van der Waals surface area (Å²) >= 11 is 1.72. The molecule has 0 aliphatic heterocycles. The number of hydrogen-bond donors (Lipinski definition) is 1. The van der Waals surface area contributed by atoms with Crippen molar-refractivity contribution in [1.29, 1.82) is 0 Å². The van der Waals surface area contributed by atoms with Gasteiger partial charge in [0.15, 0.2) is 0 Å². The highest BCUT2D eigenvalue weighted by atomic mass is 32.1. The summed E-state index contributed by atoms with van der Waals surface area (Å²) in [6, 6.07) is 20.5. The molecule has 4 heteroatoms. The summed E-state index contributed by atoms with van der Waals surface area (Å²) in [6.07, 6.45) is 0.987. The summed E-state index contributed by atoms with van der Waals surface area (Å²) in [6.45, 7) is 2.12. The van der Waals surface area contributed by atoms with Crippen LogP contribution in [0.2, 0.25) is 0 Å². The van der Waals surface area contributed by atoms with Crippen molar-refractivity contribution in [3.63, 3.8) is 0 Å². The van der Waals surface area contributed by atoms with E-state index in [1.807, 2.05) is 24.3 Å². The lowest BCUT2D eigenvalue weighted by atomic mass is 9.85. The number of hydrogen-bond acceptors (Lipinski definition) is 4. The van der Waals surface area contributed by atoms with Gasteiger partial charge in [0, 0.05) is 15.3 Å². The standard InChI is InChI=1S/C21H20O3S/c1-3-18-12-13-19(25-18)15-8-7-11-17(14-15)21(23,20(22)24-2)16-9-5-4-6-10-16/h4-14,23H,3H2,1-2H3/t21-/m0/s1. The van der Waals surface area contributed by atoms with Gasteiger partial charge in [-0.1, -0.05) is 55.5 Å². The molecule has 128 valence electrons. The third-order valence-corrected chi connectivity index (χ3v) is 5.53. The lowest BCUT2D eigenvalue weighted by Crippen LogP contribution is -2.38. The summed E-state index contributed by atoms with van der Waals surface area (Å²) < 4.78 is 4.90. The zero-order valence-corrected chi connectivity index (χ0v) is 15.0. The van der Waals surface area contributed by atoms with Crippen molar-refractivity contribution >= 4 is 17.3 Å². The maximum Gasteiger partial charge on any atom is 0.347 e. The van der Waals surface area contributed by atoms with E-state index in [9.17, 15) is 9.90 Å². The number of ether oxygens (including phenoxy) is 1. The lowest BCUT2D eigenvalue weighted by Gasteiger charge is -2.26. The summed E-state index contributed by atoms with van der Waals surface area (Å²) in [5.41, 5.74) is 0.117. The number of esters is 1. The number of thiophene rings is 1. The van der Waals surface area contributed by atoms with Gasteiger partial charge >= 0.3 is 5.97 Å². The van der Waals surface area contributed by atoms with Gasteiger partial charge in [-0.15, -0.1) is 11.3 Å². The molecule has 1 N–H and O–H groups in total. The summed E-state index contributed by atoms with van der Waals surface area (Å²) in [7, 11) is 1.28. The van der Waals surface area contributed by atoms with E-state index in [4.69, 9.17) is 4.74 Å². The second-order valence-corrected chi connectivity index (χ2v) is 6.94. The molecule has 2 aromatic carbocycles. The van der Waals surface area contributed by atoms with E-state index in [0.717, 1.165) is 16.9 Å². The van der Waals surface area contributed by atoms with Gasteiger partial charge in [-0.05, 0) is 35.7 Å². The minimum Gasteiger partial charge on any atom is -0.466 e. The summed E-state index contributed by atoms with van der Waals surface area (Å²) in [5.74, 6) is -0.698. The smallest absolute Gasteiger partial charge is 0.347 e. The average molecular weight is 352 g/mol. The van der Waals surface area contributed by atoms with Crippen LogP contribution in [0.25, 0.3) is 10.4 Å². The highest BCUT2D eigenvalue weighted by molar-refractivity contribution is 7.15. The number of benzene rings is 2. The number of methoxy groups -OCH3 is 1. The minimum atomic E-state index is -1.84. The van der Waals surface area contributed by atoms with Gasteiger partial charge in [0.2, 0.25) is 5.60 Å². The molecule has 0 unspecified atom stereocenters. The van der Waals surface area contributed by atoms with E-state index in [-0.39, 0.29) is 0 Å². The van der Waals surface area contributed by atoms with Crippen molar-refractivity contribution in [2.24, 2.45) is 0 Å². The SMILES string of the molecule is CCc1ccc(-c2cccc([C@](O)(C(=O)OC)c3ccccc3)c2)s1. The van der Waals surface area contributed by atoms with Crippen LogP contribution in [0, 0.1) is 0 Å². The quantitative estimate of drug-likeness (QED) is 0.693. The Hall–Kier alpha value is -2.43. The van der Waals surface area contributed by atoms with Gasteiger partial charge in [0.1, 0.15) is 0 Å². The summed E-state index contributed by atoms with van der Waals surface area (Å²) in [4.78, 5) is 14.9. The maximum atomic E-state index is 12.5. The van der Waals surface area contributed by atoms with Crippen LogP contribution >= 0.6 is 11.3 Å². The molecule has 3 nitrogen and oxygen atoms in total. The highest BCUT2D eigenvalue weighted by Crippen LogP contribution is 2.35. The molecule has 0 amide bonds. The van der Waals surface area contributed by atoms with Crippen molar-refractivity contribution in [3.8, 4) is 10.4 Å². The van der Waals surface area contributed by atoms with Gasteiger partial charge in [-0.25, -0.2) is 4.79 Å². The topological polar surface area (TPSA) is 46.5 Å². The number of aliphatic hydroxyl groups is 1. The number of carbonyl (C=O) groups excluding carboxylic acids is 1. The molecule has 1 atom stereocenters. The van der Waals surface area contributed by atoms with Crippen LogP contribution < -0.4 is 0 Å². The Bertz CT molecular complexity index is 870. The van der Waals surface area contributed by atoms with Gasteiger partial charge in [-0.3, -0.25) is 0 Å². The predicted octanol–water partition coefficient (Wildman–Crippen LogP) is 4.39. The molecule has 25 heavy (non-hydrogen) atoms. The normalized spacial score (nSPS) is 13.2. The largest absolute Gasteiger partial charge is 0.466 e. The van der Waals surface area contributed by atoms with Crippen LogP contribution in [0.4, 0.5) is 0 Å². The third kappa shape index (κ3) is 3.23. The number of aryl methyl sites for hydroxylation is 1. The molecule has 3 aromatic rings. The highest BCUT2D eigenvalue weighted by Gasteiger charge is 2.41. The van der Waals surface area contributed by atoms with Gasteiger partial charge < -0.3 is 9.84 Å². The van der Waals surface area contributed by atoms with Crippen LogP contribution in [0.1, 0.15) is 22.9 Å². The van der Waals surface area contributed by atoms with E-state index < -0.39 is 11.6 Å². The molecule has 1 aromatic heterocycles. The Morgan fingerprint density at radius 2 is 1.76 bits per heavy atom. The first kappa shape index (κ1) is 17.4. The second kappa shape index (κ2) is 7.21. The Morgan fingerprint density at radius 1 is 1.04 bits per heavy atom. The maximum absolute atomic E-state index is 12.5. The zero-order valence-electron chi connectivity index (χ0n) is 14.2. The minimum absolute atomic E-state index is 0.486. The van der Waals surface area contributed by atoms with Gasteiger partial charge in [0.25, 0.3) is 0 Å². The van der Waals surface area contributed by atoms with E-state index in [1.54, 1.807) is 41.7 Å². The Kier molecular flexibility index (Phi) is 5.02. The molecule has 0 bridgehead atoms. The Morgan fingerprint density at radius 3 is 2.40 bits per heavy atom. The Balaban J connectivity index is 2.11. The monoisotopic (exact) mass is 352 g/mol. The molecule has 0 fully saturated rings. The van der Waals surface area contributed by atoms with Crippen molar-refractivity contribution in [2.75, 3.05) is 7.11 Å². The number of carbonyl (C=O) groups is 1. The van der Waals surface area contributed by atoms with Crippen molar-refractivity contribution in [2.45, 2.75) is 18.9 Å². The summed E-state index contributed by atoms with van der Waals surface area (Å²) in [5, 5.41) is 11.3. The molecule has 3 rings (SSSR count). The van der Waals surface area contributed by atoms with Crippen molar-refractivity contribution in [3.05, 3.63) is 82.7 Å². The van der Waals surface area contributed by atoms with Crippen molar-refractivity contribution in [1.82, 2.24) is 0 Å². The molecule has 0 spiro atoms. The van der Waals surface area contributed by atoms with E-state index >= 15 is 0 Å². The number of rotatable bonds is 5. The molecular weight excluding hydrogens is 332 g/mol. The zero-order chi connectivity index (χ0) is 17.9. The third-order valence-electron chi connectivity index (χ3n) is 4.25. The van der Waals surface area contributed by atoms with Crippen LogP contribution in [0.5, 0.6) is 0 Å². The van der Waals surface area contributed by atoms with Crippen molar-refractivity contribution < 1.29 is 14.6 Å². The fraction of sp³-hybridized carbons (Fsp3) is 0.190. The molecule has 0 radical (unpaired) electrons. The average Bonchev–Trinajstić information content (AvgIpc) is 3.17. The predicted molar refractivity (Wildman–Crippen MR) is 101 cm³/mol. The molecule has 0 saturated carbocycles. The van der Waals surface area contributed by atoms with Gasteiger partial charge in [-0.2, -0.15) is 0 Å². The Labute approximate surface area is 151 Å². The molecule has 0 aliphatic rings. The van der Waals surface area contributed by atoms with E-state index in [1.165, 1.54) is 12.0 Å². The van der Waals surface area contributed by atoms with E-state index in [2.05, 4.69) is 19.1 Å². The van der Waals surface area contributed by atoms with Crippen LogP contribution in [-0.2, 0) is 21.6 Å². The fourth-order valence-electron chi connectivity index (χ4n) is 2.85. The van der Waals surface area contributed by atoms with Crippen LogP contribution in [0.15, 0.2) is 66.7 Å². The molecule has 0 saturated heterocycles. The van der Waals surface area contributed by atoms with Crippen LogP contribution in [-0.4, -0.2) is 18.2 Å². The van der Waals surface area contributed by atoms with Gasteiger partial charge in [0.05, 0.1) is 7.11 Å². The molecular formula is C21H20O3S. The second-order valence-electron chi connectivity index (χ2n) is 5.77. The fourth-order valence-corrected chi connectivity index (χ4v) is 3.79. The first-order valence-electron chi connectivity index (χ1n) is 8.15.